The number of carbonyl (C=O) groups excluding carboxylic acids is 3. The van der Waals surface area contributed by atoms with Crippen LogP contribution in [0.15, 0.2) is 35.2 Å². The van der Waals surface area contributed by atoms with Crippen molar-refractivity contribution < 1.29 is 23.5 Å². The van der Waals surface area contributed by atoms with E-state index in [0.717, 1.165) is 30.8 Å². The van der Waals surface area contributed by atoms with Crippen LogP contribution in [0.2, 0.25) is 0 Å². The molecule has 1 saturated heterocycles. The fraction of sp³-hybridized carbons (Fsp3) is 0.455. The Labute approximate surface area is 191 Å². The maximum atomic E-state index is 14.4. The van der Waals surface area contributed by atoms with Gasteiger partial charge >= 0.3 is 5.97 Å². The highest BCUT2D eigenvalue weighted by Crippen LogP contribution is 2.21. The van der Waals surface area contributed by atoms with E-state index >= 15 is 0 Å². The summed E-state index contributed by atoms with van der Waals surface area (Å²) in [7, 11) is 0. The van der Waals surface area contributed by atoms with Crippen LogP contribution >= 0.6 is 11.8 Å². The summed E-state index contributed by atoms with van der Waals surface area (Å²) in [6, 6.07) is 3.43. The van der Waals surface area contributed by atoms with Crippen molar-refractivity contribution in [3.05, 3.63) is 41.6 Å². The van der Waals surface area contributed by atoms with Gasteiger partial charge in [0.25, 0.3) is 5.91 Å². The fourth-order valence-electron chi connectivity index (χ4n) is 2.93. The summed E-state index contributed by atoms with van der Waals surface area (Å²) in [5.41, 5.74) is -0.195. The van der Waals surface area contributed by atoms with Crippen molar-refractivity contribution in [1.29, 1.82) is 0 Å². The molecule has 0 unspecified atom stereocenters. The third-order valence-electron chi connectivity index (χ3n) is 4.37. The number of anilines is 1. The second-order valence-corrected chi connectivity index (χ2v) is 9.38. The van der Waals surface area contributed by atoms with Gasteiger partial charge in [-0.25, -0.2) is 9.38 Å². The van der Waals surface area contributed by atoms with Gasteiger partial charge in [0.15, 0.2) is 11.9 Å². The highest BCUT2D eigenvalue weighted by atomic mass is 32.2. The minimum absolute atomic E-state index is 0.00223. The molecule has 1 aromatic carbocycles. The molecule has 0 aliphatic carbocycles. The number of rotatable bonds is 7. The number of hydrogen-bond donors (Lipinski definition) is 3. The molecule has 8 nitrogen and oxygen atoms in total. The number of aliphatic imine (C=N–C) groups is 1. The summed E-state index contributed by atoms with van der Waals surface area (Å²) in [5, 5.41) is 9.69. The maximum Gasteiger partial charge on any atom is 0.324 e. The number of thioether (sulfide) groups is 1. The zero-order valence-electron chi connectivity index (χ0n) is 18.5. The Morgan fingerprint density at radius 1 is 1.38 bits per heavy atom. The van der Waals surface area contributed by atoms with Gasteiger partial charge in [-0.2, -0.15) is 0 Å². The highest BCUT2D eigenvalue weighted by Gasteiger charge is 2.23. The van der Waals surface area contributed by atoms with E-state index < -0.39 is 17.7 Å². The number of hydrogen-bond acceptors (Lipinski definition) is 7. The number of amidine groups is 1. The van der Waals surface area contributed by atoms with Gasteiger partial charge in [-0.3, -0.25) is 14.4 Å². The molecule has 0 saturated carbocycles. The zero-order chi connectivity index (χ0) is 23.7. The van der Waals surface area contributed by atoms with Crippen LogP contribution in [0.3, 0.4) is 0 Å². The van der Waals surface area contributed by atoms with Gasteiger partial charge in [0.05, 0.1) is 5.69 Å². The van der Waals surface area contributed by atoms with Gasteiger partial charge in [-0.1, -0.05) is 39.1 Å². The van der Waals surface area contributed by atoms with E-state index in [4.69, 9.17) is 4.74 Å². The predicted octanol–water partition coefficient (Wildman–Crippen LogP) is 3.42. The van der Waals surface area contributed by atoms with E-state index in [0.29, 0.717) is 6.42 Å². The molecule has 1 aliphatic heterocycles. The second kappa shape index (κ2) is 11.8. The summed E-state index contributed by atoms with van der Waals surface area (Å²) >= 11 is 1.03. The van der Waals surface area contributed by atoms with Crippen LogP contribution in [0.5, 0.6) is 0 Å². The lowest BCUT2D eigenvalue weighted by atomic mass is 9.92. The summed E-state index contributed by atoms with van der Waals surface area (Å²) in [6.07, 6.45) is 1.85. The van der Waals surface area contributed by atoms with Crippen molar-refractivity contribution in [3.63, 3.8) is 0 Å². The molecule has 0 bridgehead atoms. The summed E-state index contributed by atoms with van der Waals surface area (Å²) < 4.78 is 19.5. The van der Waals surface area contributed by atoms with Crippen LogP contribution < -0.4 is 16.0 Å². The quantitative estimate of drug-likeness (QED) is 0.324. The number of esters is 1. The average molecular weight is 465 g/mol. The Morgan fingerprint density at radius 2 is 2.12 bits per heavy atom. The van der Waals surface area contributed by atoms with Gasteiger partial charge in [-0.05, 0) is 48.4 Å². The lowest BCUT2D eigenvalue weighted by molar-refractivity contribution is -0.145. The maximum absolute atomic E-state index is 14.4. The second-order valence-electron chi connectivity index (χ2n) is 8.42. The Balaban J connectivity index is 1.97. The minimum Gasteiger partial charge on any atom is -0.441 e. The highest BCUT2D eigenvalue weighted by molar-refractivity contribution is 8.16. The van der Waals surface area contributed by atoms with Crippen LogP contribution in [0.1, 0.15) is 50.4 Å². The molecule has 1 fully saturated rings. The van der Waals surface area contributed by atoms with Crippen molar-refractivity contribution in [1.82, 2.24) is 10.6 Å². The summed E-state index contributed by atoms with van der Waals surface area (Å²) in [6.45, 7) is 9.80. The molecule has 10 heteroatoms. The molecular formula is C22H29FN4O4S. The van der Waals surface area contributed by atoms with Gasteiger partial charge in [0.2, 0.25) is 5.91 Å². The largest absolute Gasteiger partial charge is 0.441 e. The van der Waals surface area contributed by atoms with Crippen LogP contribution in [-0.2, 0) is 14.3 Å². The standard InChI is InChI=1S/C22H29FN4O4S/c1-5-32-21(25-13-31-20(30)17-7-6-10-24-17)27-19(29)14-8-9-16(15(23)11-14)26-18(28)12-22(2,3)4/h5,8-9,11,17,24H,1,6-7,10,12-13H2,2-4H3,(H,26,28)(H,25,27,29)/t17-/m0/s1. The smallest absolute Gasteiger partial charge is 0.324 e. The number of benzene rings is 1. The number of halogens is 1. The molecule has 1 atom stereocenters. The van der Waals surface area contributed by atoms with Crippen molar-refractivity contribution in [2.24, 2.45) is 10.4 Å². The van der Waals surface area contributed by atoms with Crippen LogP contribution in [0.4, 0.5) is 10.1 Å². The fourth-order valence-corrected chi connectivity index (χ4v) is 3.37. The third-order valence-corrected chi connectivity index (χ3v) is 4.99. The van der Waals surface area contributed by atoms with Crippen LogP contribution in [0.25, 0.3) is 0 Å². The SMILES string of the molecule is C=CS/C(=N/COC(=O)[C@@H]1CCCN1)NC(=O)c1ccc(NC(=O)CC(C)(C)C)c(F)c1. The van der Waals surface area contributed by atoms with E-state index in [1.807, 2.05) is 20.8 Å². The van der Waals surface area contributed by atoms with E-state index in [-0.39, 0.29) is 46.9 Å². The topological polar surface area (TPSA) is 109 Å². The number of nitrogens with one attached hydrogen (secondary N) is 3. The molecule has 2 rings (SSSR count). The Morgan fingerprint density at radius 3 is 2.72 bits per heavy atom. The Bertz CT molecular complexity index is 892. The molecule has 1 aliphatic rings. The molecule has 2 amide bonds. The normalized spacial score (nSPS) is 16.4. The molecule has 0 radical (unpaired) electrons. The summed E-state index contributed by atoms with van der Waals surface area (Å²) in [5.74, 6) is -2.04. The Kier molecular flexibility index (Phi) is 9.40. The first-order valence-corrected chi connectivity index (χ1v) is 11.1. The molecule has 1 heterocycles. The number of carbonyl (C=O) groups is 3. The van der Waals surface area contributed by atoms with E-state index in [1.165, 1.54) is 17.5 Å². The van der Waals surface area contributed by atoms with E-state index in [1.54, 1.807) is 0 Å². The zero-order valence-corrected chi connectivity index (χ0v) is 19.3. The van der Waals surface area contributed by atoms with Crippen molar-refractivity contribution in [2.45, 2.75) is 46.1 Å². The van der Waals surface area contributed by atoms with Crippen molar-refractivity contribution in [2.75, 3.05) is 18.6 Å². The van der Waals surface area contributed by atoms with Gasteiger partial charge < -0.3 is 20.7 Å². The third kappa shape index (κ3) is 8.43. The molecule has 1 aromatic rings. The van der Waals surface area contributed by atoms with Crippen molar-refractivity contribution in [3.8, 4) is 0 Å². The van der Waals surface area contributed by atoms with Crippen molar-refractivity contribution >= 4 is 40.4 Å². The summed E-state index contributed by atoms with van der Waals surface area (Å²) in [4.78, 5) is 40.5. The average Bonchev–Trinajstić information content (AvgIpc) is 3.23. The van der Waals surface area contributed by atoms with Gasteiger partial charge in [0.1, 0.15) is 11.9 Å². The lowest BCUT2D eigenvalue weighted by Crippen LogP contribution is -2.33. The van der Waals surface area contributed by atoms with Crippen LogP contribution in [0, 0.1) is 11.2 Å². The predicted molar refractivity (Wildman–Crippen MR) is 124 cm³/mol. The first-order chi connectivity index (χ1) is 15.1. The first kappa shape index (κ1) is 25.5. The van der Waals surface area contributed by atoms with Gasteiger partial charge in [-0.15, -0.1) is 0 Å². The number of nitrogens with zero attached hydrogens (tertiary/aromatic N) is 1. The molecule has 174 valence electrons. The van der Waals surface area contributed by atoms with E-state index in [9.17, 15) is 18.8 Å². The van der Waals surface area contributed by atoms with Crippen LogP contribution in [-0.4, -0.2) is 42.3 Å². The number of ether oxygens (including phenoxy) is 1. The molecular weight excluding hydrogens is 435 g/mol. The molecule has 32 heavy (non-hydrogen) atoms. The minimum atomic E-state index is -0.729. The molecule has 0 spiro atoms. The number of amides is 2. The van der Waals surface area contributed by atoms with Gasteiger partial charge in [0, 0.05) is 12.0 Å². The monoisotopic (exact) mass is 464 g/mol. The molecule has 3 N–H and O–H groups in total. The first-order valence-electron chi connectivity index (χ1n) is 10.2. The Hall–Kier alpha value is -2.72. The molecule has 0 aromatic heterocycles. The van der Waals surface area contributed by atoms with E-state index in [2.05, 4.69) is 27.5 Å². The lowest BCUT2D eigenvalue weighted by Gasteiger charge is -2.17.